The first-order chi connectivity index (χ1) is 8.98. The molecule has 2 rings (SSSR count). The van der Waals surface area contributed by atoms with Crippen LogP contribution < -0.4 is 5.32 Å². The fraction of sp³-hybridized carbons (Fsp3) is 0.750. The molecule has 1 aliphatic rings. The zero-order chi connectivity index (χ0) is 13.9. The monoisotopic (exact) mass is 261 g/mol. The van der Waals surface area contributed by atoms with Gasteiger partial charge in [-0.25, -0.2) is 9.97 Å². The predicted molar refractivity (Wildman–Crippen MR) is 79.2 cm³/mol. The van der Waals surface area contributed by atoms with Crippen molar-refractivity contribution in [1.82, 2.24) is 15.3 Å². The summed E-state index contributed by atoms with van der Waals surface area (Å²) >= 11 is 0. The largest absolute Gasteiger partial charge is 0.317 e. The third-order valence-electron chi connectivity index (χ3n) is 3.67. The number of hydrogen-bond donors (Lipinski definition) is 1. The molecule has 1 aliphatic carbocycles. The van der Waals surface area contributed by atoms with E-state index in [4.69, 9.17) is 4.98 Å². The lowest BCUT2D eigenvalue weighted by atomic mass is 9.86. The van der Waals surface area contributed by atoms with E-state index in [-0.39, 0.29) is 5.41 Å². The SMILES string of the molecule is CCNCC1CCc2nc(CC(C)(C)C)ncc2C1. The minimum absolute atomic E-state index is 0.260. The Morgan fingerprint density at radius 2 is 2.16 bits per heavy atom. The first-order valence-electron chi connectivity index (χ1n) is 7.52. The summed E-state index contributed by atoms with van der Waals surface area (Å²) in [6.45, 7) is 11.1. The van der Waals surface area contributed by atoms with Crippen molar-refractivity contribution in [2.45, 2.75) is 53.4 Å². The average molecular weight is 261 g/mol. The highest BCUT2D eigenvalue weighted by molar-refractivity contribution is 5.21. The summed E-state index contributed by atoms with van der Waals surface area (Å²) in [5, 5.41) is 3.45. The molecule has 3 nitrogen and oxygen atoms in total. The highest BCUT2D eigenvalue weighted by Crippen LogP contribution is 2.25. The van der Waals surface area contributed by atoms with Crippen molar-refractivity contribution in [1.29, 1.82) is 0 Å². The van der Waals surface area contributed by atoms with Gasteiger partial charge in [-0.1, -0.05) is 27.7 Å². The van der Waals surface area contributed by atoms with Gasteiger partial charge in [0.25, 0.3) is 0 Å². The van der Waals surface area contributed by atoms with Gasteiger partial charge in [-0.15, -0.1) is 0 Å². The van der Waals surface area contributed by atoms with Gasteiger partial charge < -0.3 is 5.32 Å². The Balaban J connectivity index is 2.03. The van der Waals surface area contributed by atoms with Crippen LogP contribution in [0.15, 0.2) is 6.20 Å². The van der Waals surface area contributed by atoms with Crippen LogP contribution in [0.4, 0.5) is 0 Å². The number of nitrogens with one attached hydrogen (secondary N) is 1. The molecule has 0 aromatic carbocycles. The van der Waals surface area contributed by atoms with E-state index >= 15 is 0 Å². The van der Waals surface area contributed by atoms with E-state index in [1.807, 2.05) is 0 Å². The van der Waals surface area contributed by atoms with E-state index in [0.29, 0.717) is 0 Å². The number of rotatable bonds is 4. The van der Waals surface area contributed by atoms with Crippen LogP contribution in [-0.2, 0) is 19.3 Å². The van der Waals surface area contributed by atoms with Crippen molar-refractivity contribution in [3.8, 4) is 0 Å². The van der Waals surface area contributed by atoms with E-state index in [0.717, 1.165) is 44.1 Å². The van der Waals surface area contributed by atoms with Crippen molar-refractivity contribution >= 4 is 0 Å². The lowest BCUT2D eigenvalue weighted by Gasteiger charge is -2.25. The molecular formula is C16H27N3. The number of aromatic nitrogens is 2. The first-order valence-corrected chi connectivity index (χ1v) is 7.52. The molecule has 0 aliphatic heterocycles. The molecule has 19 heavy (non-hydrogen) atoms. The van der Waals surface area contributed by atoms with Gasteiger partial charge >= 0.3 is 0 Å². The van der Waals surface area contributed by atoms with Crippen molar-refractivity contribution < 1.29 is 0 Å². The number of aryl methyl sites for hydroxylation is 1. The topological polar surface area (TPSA) is 37.8 Å². The highest BCUT2D eigenvalue weighted by Gasteiger charge is 2.21. The Morgan fingerprint density at radius 3 is 2.84 bits per heavy atom. The molecule has 0 spiro atoms. The Morgan fingerprint density at radius 1 is 1.37 bits per heavy atom. The molecule has 0 bridgehead atoms. The second kappa shape index (κ2) is 6.00. The first kappa shape index (κ1) is 14.4. The van der Waals surface area contributed by atoms with Crippen molar-refractivity contribution in [2.24, 2.45) is 11.3 Å². The smallest absolute Gasteiger partial charge is 0.129 e. The van der Waals surface area contributed by atoms with Crippen LogP contribution in [0, 0.1) is 11.3 Å². The van der Waals surface area contributed by atoms with Gasteiger partial charge in [-0.2, -0.15) is 0 Å². The molecule has 1 unspecified atom stereocenters. The molecule has 1 atom stereocenters. The minimum Gasteiger partial charge on any atom is -0.317 e. The maximum atomic E-state index is 4.78. The molecular weight excluding hydrogens is 234 g/mol. The summed E-state index contributed by atoms with van der Waals surface area (Å²) in [6, 6.07) is 0. The quantitative estimate of drug-likeness (QED) is 0.905. The molecule has 1 aromatic heterocycles. The fourth-order valence-corrected chi connectivity index (χ4v) is 2.71. The molecule has 0 radical (unpaired) electrons. The highest BCUT2D eigenvalue weighted by atomic mass is 14.9. The van der Waals surface area contributed by atoms with E-state index in [1.54, 1.807) is 0 Å². The van der Waals surface area contributed by atoms with E-state index < -0.39 is 0 Å². The van der Waals surface area contributed by atoms with Crippen LogP contribution in [0.5, 0.6) is 0 Å². The molecule has 3 heteroatoms. The van der Waals surface area contributed by atoms with Crippen LogP contribution in [0.3, 0.4) is 0 Å². The summed E-state index contributed by atoms with van der Waals surface area (Å²) < 4.78 is 0. The van der Waals surface area contributed by atoms with E-state index in [1.165, 1.54) is 17.7 Å². The maximum absolute atomic E-state index is 4.78. The number of hydrogen-bond acceptors (Lipinski definition) is 3. The van der Waals surface area contributed by atoms with E-state index in [2.05, 4.69) is 44.2 Å². The second-order valence-electron chi connectivity index (χ2n) is 6.91. The Kier molecular flexibility index (Phi) is 4.56. The van der Waals surface area contributed by atoms with Gasteiger partial charge in [0.15, 0.2) is 0 Å². The summed E-state index contributed by atoms with van der Waals surface area (Å²) in [6.07, 6.45) is 6.54. The molecule has 0 amide bonds. The molecule has 1 N–H and O–H groups in total. The predicted octanol–water partition coefficient (Wildman–Crippen LogP) is 2.78. The van der Waals surface area contributed by atoms with Crippen molar-refractivity contribution in [3.05, 3.63) is 23.3 Å². The van der Waals surface area contributed by atoms with Gasteiger partial charge in [0, 0.05) is 18.3 Å². The van der Waals surface area contributed by atoms with Gasteiger partial charge in [-0.3, -0.25) is 0 Å². The second-order valence-corrected chi connectivity index (χ2v) is 6.91. The van der Waals surface area contributed by atoms with Crippen LogP contribution in [0.25, 0.3) is 0 Å². The number of fused-ring (bicyclic) bond motifs is 1. The molecule has 0 fully saturated rings. The fourth-order valence-electron chi connectivity index (χ4n) is 2.71. The number of nitrogens with zero attached hydrogens (tertiary/aromatic N) is 2. The molecule has 0 saturated heterocycles. The van der Waals surface area contributed by atoms with Crippen LogP contribution in [0.2, 0.25) is 0 Å². The van der Waals surface area contributed by atoms with Gasteiger partial charge in [0.2, 0.25) is 0 Å². The van der Waals surface area contributed by atoms with E-state index in [9.17, 15) is 0 Å². The third kappa shape index (κ3) is 4.27. The van der Waals surface area contributed by atoms with Crippen molar-refractivity contribution in [3.63, 3.8) is 0 Å². The summed E-state index contributed by atoms with van der Waals surface area (Å²) in [7, 11) is 0. The standard InChI is InChI=1S/C16H27N3/c1-5-17-10-12-6-7-14-13(8-12)11-18-15(19-14)9-16(2,3)4/h11-12,17H,5-10H2,1-4H3. The maximum Gasteiger partial charge on any atom is 0.129 e. The van der Waals surface area contributed by atoms with Crippen LogP contribution in [-0.4, -0.2) is 23.1 Å². The van der Waals surface area contributed by atoms with Crippen LogP contribution >= 0.6 is 0 Å². The minimum atomic E-state index is 0.260. The molecule has 106 valence electrons. The van der Waals surface area contributed by atoms with Gasteiger partial charge in [0.05, 0.1) is 0 Å². The Bertz CT molecular complexity index is 420. The lowest BCUT2D eigenvalue weighted by molar-refractivity contribution is 0.394. The Labute approximate surface area is 117 Å². The molecule has 0 saturated carbocycles. The zero-order valence-electron chi connectivity index (χ0n) is 12.8. The summed E-state index contributed by atoms with van der Waals surface area (Å²) in [5.41, 5.74) is 2.92. The zero-order valence-corrected chi connectivity index (χ0v) is 12.8. The van der Waals surface area contributed by atoms with Crippen LogP contribution in [0.1, 0.15) is 51.2 Å². The summed E-state index contributed by atoms with van der Waals surface area (Å²) in [5.74, 6) is 1.76. The average Bonchev–Trinajstić information content (AvgIpc) is 2.34. The molecule has 1 heterocycles. The summed E-state index contributed by atoms with van der Waals surface area (Å²) in [4.78, 5) is 9.34. The lowest BCUT2D eigenvalue weighted by Crippen LogP contribution is -2.28. The third-order valence-corrected chi connectivity index (χ3v) is 3.67. The van der Waals surface area contributed by atoms with Crippen molar-refractivity contribution in [2.75, 3.05) is 13.1 Å². The van der Waals surface area contributed by atoms with Gasteiger partial charge in [-0.05, 0) is 49.2 Å². The van der Waals surface area contributed by atoms with Gasteiger partial charge in [0.1, 0.15) is 5.82 Å². The Hall–Kier alpha value is -0.960. The molecule has 1 aromatic rings. The normalized spacial score (nSPS) is 19.3.